The largest absolute Gasteiger partial charge is 4.00 e. The molecule has 1 rings (SSSR count). The molecule has 19 heavy (non-hydrogen) atoms. The van der Waals surface area contributed by atoms with E-state index in [9.17, 15) is 4.39 Å². The Labute approximate surface area is 136 Å². The van der Waals surface area contributed by atoms with Crippen LogP contribution in [0.2, 0.25) is 13.1 Å². The van der Waals surface area contributed by atoms with Gasteiger partial charge in [-0.25, -0.2) is 4.39 Å². The average molecular weight is 307 g/mol. The fraction of sp³-hybridized carbons (Fsp3) is 0.923. The Bertz CT molecular complexity index is 154. The monoisotopic (exact) mass is 307 g/mol. The maximum Gasteiger partial charge on any atom is 4.00 e. The maximum absolute atomic E-state index is 13.0. The van der Waals surface area contributed by atoms with Crippen LogP contribution < -0.4 is 0 Å². The van der Waals surface area contributed by atoms with Crippen molar-refractivity contribution in [2.75, 3.05) is 35.2 Å². The van der Waals surface area contributed by atoms with Crippen LogP contribution in [0.25, 0.3) is 15.9 Å². The molecule has 0 aromatic carbocycles. The Morgan fingerprint density at radius 1 is 1.05 bits per heavy atom. The maximum atomic E-state index is 13.0. The molecule has 1 unspecified atom stereocenters. The van der Waals surface area contributed by atoms with E-state index in [4.69, 9.17) is 0 Å². The molecular weight excluding hydrogens is 276 g/mol. The summed E-state index contributed by atoms with van der Waals surface area (Å²) < 4.78 is 13.0. The van der Waals surface area contributed by atoms with E-state index in [1.54, 1.807) is 28.2 Å². The molecule has 1 aliphatic rings. The summed E-state index contributed by atoms with van der Waals surface area (Å²) in [7, 11) is 8.81. The van der Waals surface area contributed by atoms with Gasteiger partial charge in [0.1, 0.15) is 6.17 Å². The number of rotatable bonds is 3. The van der Waals surface area contributed by atoms with E-state index in [2.05, 4.69) is 22.7 Å². The van der Waals surface area contributed by atoms with Gasteiger partial charge in [-0.15, -0.1) is 6.82 Å². The molecular formula is C13H31BFN3Ti. The summed E-state index contributed by atoms with van der Waals surface area (Å²) in [5.41, 5.74) is 0. The normalized spacial score (nSPS) is 19.7. The van der Waals surface area contributed by atoms with E-state index < -0.39 is 6.17 Å². The molecule has 112 valence electrons. The van der Waals surface area contributed by atoms with Gasteiger partial charge in [0, 0.05) is 6.85 Å². The SMILES string of the molecule is C[N-]B(C)C[C@@H]1CCCC1F.C[N-]C.C[N-]C.[CH3-].[Ti+4]. The van der Waals surface area contributed by atoms with E-state index in [0.717, 1.165) is 25.6 Å². The molecule has 1 saturated carbocycles. The van der Waals surface area contributed by atoms with Crippen LogP contribution in [-0.2, 0) is 21.7 Å². The molecule has 3 nitrogen and oxygen atoms in total. The molecule has 0 saturated heterocycles. The van der Waals surface area contributed by atoms with Crippen molar-refractivity contribution in [3.8, 4) is 0 Å². The van der Waals surface area contributed by atoms with E-state index in [1.165, 1.54) is 0 Å². The van der Waals surface area contributed by atoms with Gasteiger partial charge in [0.05, 0.1) is 0 Å². The summed E-state index contributed by atoms with van der Waals surface area (Å²) in [5.74, 6) is 0.300. The van der Waals surface area contributed by atoms with Crippen LogP contribution in [0.15, 0.2) is 0 Å². The van der Waals surface area contributed by atoms with Gasteiger partial charge in [0.15, 0.2) is 0 Å². The van der Waals surface area contributed by atoms with Crippen molar-refractivity contribution in [2.45, 2.75) is 38.6 Å². The Morgan fingerprint density at radius 2 is 1.47 bits per heavy atom. The minimum atomic E-state index is -0.542. The second-order valence-electron chi connectivity index (χ2n) is 4.44. The van der Waals surface area contributed by atoms with Crippen LogP contribution in [-0.4, -0.2) is 48.3 Å². The van der Waals surface area contributed by atoms with Gasteiger partial charge in [-0.05, 0) is 18.8 Å². The number of hydrogen-bond acceptors (Lipinski definition) is 0. The Hall–Kier alpha value is 0.589. The predicted octanol–water partition coefficient (Wildman–Crippen LogP) is 4.44. The first kappa shape index (κ1) is 27.9. The molecule has 0 aliphatic heterocycles. The smallest absolute Gasteiger partial charge is 0.689 e. The zero-order valence-corrected chi connectivity index (χ0v) is 15.3. The third-order valence-corrected chi connectivity index (χ3v) is 2.65. The summed E-state index contributed by atoms with van der Waals surface area (Å²) in [4.78, 5) is 0. The van der Waals surface area contributed by atoms with E-state index in [0.29, 0.717) is 12.8 Å². The molecule has 1 fully saturated rings. The summed E-state index contributed by atoms with van der Waals surface area (Å²) in [6.07, 6.45) is 3.32. The molecule has 0 radical (unpaired) electrons. The van der Waals surface area contributed by atoms with Crippen LogP contribution in [0.5, 0.6) is 0 Å². The molecule has 0 spiro atoms. The second kappa shape index (κ2) is 20.9. The van der Waals surface area contributed by atoms with Crippen LogP contribution in [0, 0.1) is 13.3 Å². The second-order valence-corrected chi connectivity index (χ2v) is 4.44. The average Bonchev–Trinajstić information content (AvgIpc) is 2.66. The van der Waals surface area contributed by atoms with Gasteiger partial charge >= 0.3 is 21.7 Å². The Morgan fingerprint density at radius 3 is 1.74 bits per heavy atom. The summed E-state index contributed by atoms with van der Waals surface area (Å²) in [5, 5.41) is 11.1. The third kappa shape index (κ3) is 18.6. The number of hydrogen-bond donors (Lipinski definition) is 0. The van der Waals surface area contributed by atoms with Gasteiger partial charge in [0.25, 0.3) is 0 Å². The van der Waals surface area contributed by atoms with Crippen molar-refractivity contribution in [1.29, 1.82) is 0 Å². The number of alkyl halides is 1. The Balaban J connectivity index is -0.000000122. The molecule has 0 aromatic rings. The van der Waals surface area contributed by atoms with Gasteiger partial charge < -0.3 is 23.3 Å². The molecule has 0 bridgehead atoms. The van der Waals surface area contributed by atoms with Gasteiger partial charge in [-0.2, -0.15) is 35.2 Å². The number of nitrogens with zero attached hydrogens (tertiary/aromatic N) is 3. The standard InChI is InChI=1S/C8H16BFN.2C2H6N.CH3.Ti/c1-9(11-2)6-7-4-3-5-8(7)10;2*1-3-2;;/h7-8H,3-6H2,1-2H3;2*1-2H3;1H3;/q4*-1;+4/t7-,8?;;;;/m0..../s1. The topological polar surface area (TPSA) is 42.3 Å². The van der Waals surface area contributed by atoms with E-state index in [-0.39, 0.29) is 29.1 Å². The minimum absolute atomic E-state index is 0. The molecule has 0 N–H and O–H groups in total. The molecule has 6 heteroatoms. The fourth-order valence-corrected chi connectivity index (χ4v) is 1.80. The third-order valence-electron chi connectivity index (χ3n) is 2.65. The summed E-state index contributed by atoms with van der Waals surface area (Å²) in [6, 6.07) is 0. The van der Waals surface area contributed by atoms with Crippen molar-refractivity contribution in [3.63, 3.8) is 0 Å². The van der Waals surface area contributed by atoms with E-state index in [1.807, 2.05) is 7.05 Å². The van der Waals surface area contributed by atoms with Crippen molar-refractivity contribution in [1.82, 2.24) is 0 Å². The van der Waals surface area contributed by atoms with Crippen LogP contribution in [0.3, 0.4) is 0 Å². The summed E-state index contributed by atoms with van der Waals surface area (Å²) in [6.45, 7) is 2.40. The predicted molar refractivity (Wildman–Crippen MR) is 84.8 cm³/mol. The number of halogens is 1. The molecule has 0 aromatic heterocycles. The summed E-state index contributed by atoms with van der Waals surface area (Å²) >= 11 is 0. The zero-order chi connectivity index (χ0) is 13.7. The molecule has 2 atom stereocenters. The van der Waals surface area contributed by atoms with Gasteiger partial charge in [-0.3, -0.25) is 0 Å². The first-order chi connectivity index (χ1) is 8.06. The minimum Gasteiger partial charge on any atom is -0.689 e. The quantitative estimate of drug-likeness (QED) is 0.546. The fourth-order valence-electron chi connectivity index (χ4n) is 1.80. The molecule has 0 amide bonds. The van der Waals surface area contributed by atoms with Gasteiger partial charge in [0.2, 0.25) is 0 Å². The van der Waals surface area contributed by atoms with Crippen LogP contribution >= 0.6 is 0 Å². The molecule has 1 aliphatic carbocycles. The van der Waals surface area contributed by atoms with Gasteiger partial charge in [-0.1, -0.05) is 12.7 Å². The zero-order valence-electron chi connectivity index (χ0n) is 13.8. The molecule has 0 heterocycles. The first-order valence-corrected chi connectivity index (χ1v) is 6.26. The van der Waals surface area contributed by atoms with E-state index >= 15 is 0 Å². The Kier molecular flexibility index (Phi) is 30.6. The van der Waals surface area contributed by atoms with Crippen molar-refractivity contribution < 1.29 is 26.1 Å². The van der Waals surface area contributed by atoms with Crippen molar-refractivity contribution >= 4 is 6.85 Å². The van der Waals surface area contributed by atoms with Crippen LogP contribution in [0.4, 0.5) is 4.39 Å². The van der Waals surface area contributed by atoms with Crippen molar-refractivity contribution in [3.05, 3.63) is 23.3 Å². The first-order valence-electron chi connectivity index (χ1n) is 6.26. The van der Waals surface area contributed by atoms with Crippen molar-refractivity contribution in [2.24, 2.45) is 5.92 Å². The van der Waals surface area contributed by atoms with Crippen LogP contribution in [0.1, 0.15) is 19.3 Å².